The first kappa shape index (κ1) is 24.5. The molecule has 0 saturated heterocycles. The minimum atomic E-state index is -0.264. The summed E-state index contributed by atoms with van der Waals surface area (Å²) in [6, 6.07) is 21.8. The van der Waals surface area contributed by atoms with Crippen LogP contribution in [0.3, 0.4) is 0 Å². The molecule has 6 heteroatoms. The maximum Gasteiger partial charge on any atom is 0.255 e. The Morgan fingerprint density at radius 3 is 2.30 bits per heavy atom. The Kier molecular flexibility index (Phi) is 8.66. The van der Waals surface area contributed by atoms with E-state index in [0.717, 1.165) is 16.5 Å². The first-order valence-corrected chi connectivity index (χ1v) is 11.8. The van der Waals surface area contributed by atoms with E-state index in [0.29, 0.717) is 35.1 Å². The molecule has 0 heterocycles. The second kappa shape index (κ2) is 11.7. The third-order valence-electron chi connectivity index (χ3n) is 5.18. The highest BCUT2D eigenvalue weighted by Gasteiger charge is 2.14. The molecule has 0 aliphatic carbocycles. The average molecular weight is 509 g/mol. The van der Waals surface area contributed by atoms with E-state index in [1.165, 1.54) is 0 Å². The highest BCUT2D eigenvalue weighted by molar-refractivity contribution is 9.10. The zero-order valence-electron chi connectivity index (χ0n) is 19.1. The van der Waals surface area contributed by atoms with Crippen LogP contribution in [0, 0.1) is 5.92 Å². The van der Waals surface area contributed by atoms with Crippen molar-refractivity contribution in [1.82, 2.24) is 5.32 Å². The van der Waals surface area contributed by atoms with Crippen molar-refractivity contribution in [2.45, 2.75) is 33.2 Å². The predicted octanol–water partition coefficient (Wildman–Crippen LogP) is 6.62. The summed E-state index contributed by atoms with van der Waals surface area (Å²) in [5, 5.41) is 5.85. The van der Waals surface area contributed by atoms with Crippen molar-refractivity contribution in [3.63, 3.8) is 0 Å². The molecule has 1 atom stereocenters. The van der Waals surface area contributed by atoms with Crippen LogP contribution in [0.5, 0.6) is 5.75 Å². The molecule has 0 spiro atoms. The second-order valence-corrected chi connectivity index (χ2v) is 9.17. The number of ether oxygens (including phenoxy) is 1. The van der Waals surface area contributed by atoms with Crippen LogP contribution >= 0.6 is 15.9 Å². The fourth-order valence-electron chi connectivity index (χ4n) is 3.21. The van der Waals surface area contributed by atoms with Gasteiger partial charge in [0, 0.05) is 16.8 Å². The van der Waals surface area contributed by atoms with Gasteiger partial charge in [0.2, 0.25) is 0 Å². The Bertz CT molecular complexity index is 1100. The molecule has 0 saturated carbocycles. The summed E-state index contributed by atoms with van der Waals surface area (Å²) in [7, 11) is 0. The minimum absolute atomic E-state index is 0.129. The van der Waals surface area contributed by atoms with Gasteiger partial charge in [-0.25, -0.2) is 0 Å². The Balaban J connectivity index is 1.63. The average Bonchev–Trinajstić information content (AvgIpc) is 2.80. The largest absolute Gasteiger partial charge is 0.492 e. The first-order valence-electron chi connectivity index (χ1n) is 11.0. The third-order valence-corrected chi connectivity index (χ3v) is 5.80. The molecule has 3 rings (SSSR count). The van der Waals surface area contributed by atoms with E-state index in [1.807, 2.05) is 37.3 Å². The molecule has 0 aromatic heterocycles. The maximum absolute atomic E-state index is 12.8. The molecule has 0 fully saturated rings. The molecule has 33 heavy (non-hydrogen) atoms. The smallest absolute Gasteiger partial charge is 0.255 e. The predicted molar refractivity (Wildman–Crippen MR) is 136 cm³/mol. The molecule has 2 N–H and O–H groups in total. The Labute approximate surface area is 203 Å². The lowest BCUT2D eigenvalue weighted by atomic mass is 10.1. The number of carbonyl (C=O) groups is 2. The van der Waals surface area contributed by atoms with Crippen molar-refractivity contribution in [3.05, 3.63) is 94.0 Å². The normalized spacial score (nSPS) is 11.7. The van der Waals surface area contributed by atoms with Gasteiger partial charge >= 0.3 is 0 Å². The van der Waals surface area contributed by atoms with Gasteiger partial charge in [-0.1, -0.05) is 50.2 Å². The Hall–Kier alpha value is -3.12. The molecule has 0 bridgehead atoms. The van der Waals surface area contributed by atoms with Gasteiger partial charge in [-0.3, -0.25) is 9.59 Å². The highest BCUT2D eigenvalue weighted by Crippen LogP contribution is 2.27. The van der Waals surface area contributed by atoms with Crippen LogP contribution in [0.1, 0.15) is 59.5 Å². The molecule has 2 amide bonds. The number of halogens is 1. The van der Waals surface area contributed by atoms with Crippen LogP contribution in [-0.4, -0.2) is 18.4 Å². The topological polar surface area (TPSA) is 67.4 Å². The number of anilines is 1. The third kappa shape index (κ3) is 7.19. The lowest BCUT2D eigenvalue weighted by molar-refractivity contribution is 0.0938. The standard InChI is InChI=1S/C27H29BrN2O3/c1-18(2)14-15-33-25-13-12-22(17-24(25)28)27(32)30-23-11-7-10-21(16-23)26(31)29-19(3)20-8-5-4-6-9-20/h4-13,16-19H,14-15H2,1-3H3,(H,29,31)(H,30,32). The molecule has 3 aromatic carbocycles. The summed E-state index contributed by atoms with van der Waals surface area (Å²) < 4.78 is 6.51. The zero-order valence-corrected chi connectivity index (χ0v) is 20.7. The fraction of sp³-hybridized carbons (Fsp3) is 0.259. The molecule has 0 aliphatic rings. The molecule has 0 radical (unpaired) electrons. The second-order valence-electron chi connectivity index (χ2n) is 8.32. The van der Waals surface area contributed by atoms with Crippen LogP contribution in [0.4, 0.5) is 5.69 Å². The van der Waals surface area contributed by atoms with Crippen molar-refractivity contribution < 1.29 is 14.3 Å². The van der Waals surface area contributed by atoms with Gasteiger partial charge in [0.15, 0.2) is 0 Å². The quantitative estimate of drug-likeness (QED) is 0.341. The number of hydrogen-bond acceptors (Lipinski definition) is 3. The van der Waals surface area contributed by atoms with Crippen molar-refractivity contribution in [1.29, 1.82) is 0 Å². The van der Waals surface area contributed by atoms with Gasteiger partial charge < -0.3 is 15.4 Å². The number of benzene rings is 3. The maximum atomic E-state index is 12.8. The van der Waals surface area contributed by atoms with Crippen molar-refractivity contribution in [2.75, 3.05) is 11.9 Å². The van der Waals surface area contributed by atoms with Crippen molar-refractivity contribution in [3.8, 4) is 5.75 Å². The molecule has 1 unspecified atom stereocenters. The summed E-state index contributed by atoms with van der Waals surface area (Å²) in [5.41, 5.74) is 2.54. The van der Waals surface area contributed by atoms with E-state index in [1.54, 1.807) is 42.5 Å². The number of rotatable bonds is 9. The molecular formula is C27H29BrN2O3. The Morgan fingerprint density at radius 1 is 0.879 bits per heavy atom. The van der Waals surface area contributed by atoms with E-state index < -0.39 is 0 Å². The van der Waals surface area contributed by atoms with Crippen LogP contribution in [0.25, 0.3) is 0 Å². The lowest BCUT2D eigenvalue weighted by Gasteiger charge is -2.15. The van der Waals surface area contributed by atoms with E-state index in [-0.39, 0.29) is 17.9 Å². The van der Waals surface area contributed by atoms with Crippen LogP contribution in [0.2, 0.25) is 0 Å². The minimum Gasteiger partial charge on any atom is -0.492 e. The van der Waals surface area contributed by atoms with Crippen LogP contribution < -0.4 is 15.4 Å². The number of carbonyl (C=O) groups excluding carboxylic acids is 2. The highest BCUT2D eigenvalue weighted by atomic mass is 79.9. The summed E-state index contributed by atoms with van der Waals surface area (Å²) in [6.45, 7) is 6.86. The van der Waals surface area contributed by atoms with Gasteiger partial charge in [-0.15, -0.1) is 0 Å². The monoisotopic (exact) mass is 508 g/mol. The molecule has 5 nitrogen and oxygen atoms in total. The number of amides is 2. The SMILES string of the molecule is CC(C)CCOc1ccc(C(=O)Nc2cccc(C(=O)NC(C)c3ccccc3)c2)cc1Br. The number of hydrogen-bond donors (Lipinski definition) is 2. The zero-order chi connectivity index (χ0) is 23.8. The van der Waals surface area contributed by atoms with Gasteiger partial charge in [0.05, 0.1) is 17.1 Å². The summed E-state index contributed by atoms with van der Waals surface area (Å²) in [5.74, 6) is 0.805. The first-order chi connectivity index (χ1) is 15.8. The molecule has 172 valence electrons. The molecule has 3 aromatic rings. The molecular weight excluding hydrogens is 480 g/mol. The van der Waals surface area contributed by atoms with E-state index in [4.69, 9.17) is 4.74 Å². The van der Waals surface area contributed by atoms with Crippen molar-refractivity contribution in [2.24, 2.45) is 5.92 Å². The van der Waals surface area contributed by atoms with E-state index in [2.05, 4.69) is 40.4 Å². The number of nitrogens with one attached hydrogen (secondary N) is 2. The van der Waals surface area contributed by atoms with Crippen LogP contribution in [0.15, 0.2) is 77.3 Å². The van der Waals surface area contributed by atoms with Crippen molar-refractivity contribution >= 4 is 33.4 Å². The van der Waals surface area contributed by atoms with Gasteiger partial charge in [0.1, 0.15) is 5.75 Å². The van der Waals surface area contributed by atoms with Gasteiger partial charge in [0.25, 0.3) is 11.8 Å². The Morgan fingerprint density at radius 2 is 1.61 bits per heavy atom. The van der Waals surface area contributed by atoms with Crippen LogP contribution in [-0.2, 0) is 0 Å². The summed E-state index contributed by atoms with van der Waals surface area (Å²) >= 11 is 3.48. The van der Waals surface area contributed by atoms with E-state index in [9.17, 15) is 9.59 Å². The fourth-order valence-corrected chi connectivity index (χ4v) is 3.70. The van der Waals surface area contributed by atoms with E-state index >= 15 is 0 Å². The summed E-state index contributed by atoms with van der Waals surface area (Å²) in [6.07, 6.45) is 0.961. The van der Waals surface area contributed by atoms with Gasteiger partial charge in [-0.2, -0.15) is 0 Å². The molecule has 0 aliphatic heterocycles. The summed E-state index contributed by atoms with van der Waals surface area (Å²) in [4.78, 5) is 25.5. The lowest BCUT2D eigenvalue weighted by Crippen LogP contribution is -2.26. The van der Waals surface area contributed by atoms with Gasteiger partial charge in [-0.05, 0) is 77.2 Å².